The molecule has 0 aliphatic carbocycles. The van der Waals surface area contributed by atoms with Crippen molar-refractivity contribution in [3.05, 3.63) is 71.7 Å². The Bertz CT molecular complexity index is 896. The lowest BCUT2D eigenvalue weighted by atomic mass is 9.98. The third kappa shape index (κ3) is 3.99. The third-order valence-corrected chi connectivity index (χ3v) is 3.78. The summed E-state index contributed by atoms with van der Waals surface area (Å²) in [5.74, 6) is -0.353. The monoisotopic (exact) mass is 340 g/mol. The van der Waals surface area contributed by atoms with Gasteiger partial charge in [0.25, 0.3) is 0 Å². The number of rotatable bonds is 3. The number of H-pyrrole nitrogens is 1. The minimum atomic E-state index is -0.614. The Hall–Kier alpha value is -2.82. The van der Waals surface area contributed by atoms with Crippen LogP contribution in [0.5, 0.6) is 0 Å². The van der Waals surface area contributed by atoms with Crippen LogP contribution in [0.2, 0.25) is 0 Å². The minimum absolute atomic E-state index is 0.353. The first kappa shape index (κ1) is 17.0. The first-order chi connectivity index (χ1) is 11.8. The molecule has 1 heterocycles. The molecule has 0 bridgehead atoms. The molecule has 3 aromatic rings. The largest absolute Gasteiger partial charge is 0.444 e. The predicted molar refractivity (Wildman–Crippen MR) is 95.9 cm³/mol. The van der Waals surface area contributed by atoms with Gasteiger partial charge in [-0.1, -0.05) is 30.3 Å². The number of carbonyl (C=O) groups excluding carboxylic acids is 1. The maximum atomic E-state index is 13.7. The van der Waals surface area contributed by atoms with E-state index in [0.29, 0.717) is 5.56 Å². The van der Waals surface area contributed by atoms with Crippen molar-refractivity contribution in [3.8, 4) is 0 Å². The van der Waals surface area contributed by atoms with Crippen LogP contribution >= 0.6 is 0 Å². The summed E-state index contributed by atoms with van der Waals surface area (Å²) in [4.78, 5) is 15.5. The molecular formula is C20H21FN2O2. The van der Waals surface area contributed by atoms with Gasteiger partial charge in [-0.15, -0.1) is 0 Å². The number of amides is 1. The number of hydrogen-bond acceptors (Lipinski definition) is 2. The van der Waals surface area contributed by atoms with E-state index >= 15 is 0 Å². The lowest BCUT2D eigenvalue weighted by Gasteiger charge is -2.24. The number of aromatic nitrogens is 1. The predicted octanol–water partition coefficient (Wildman–Crippen LogP) is 4.92. The van der Waals surface area contributed by atoms with E-state index in [1.54, 1.807) is 32.9 Å². The molecule has 5 heteroatoms. The Morgan fingerprint density at radius 2 is 1.92 bits per heavy atom. The first-order valence-electron chi connectivity index (χ1n) is 8.14. The quantitative estimate of drug-likeness (QED) is 0.711. The summed E-state index contributed by atoms with van der Waals surface area (Å²) in [6.07, 6.45) is 1.28. The van der Waals surface area contributed by atoms with Crippen LogP contribution in [0.3, 0.4) is 0 Å². The van der Waals surface area contributed by atoms with Gasteiger partial charge in [0.05, 0.1) is 6.04 Å². The molecule has 1 atom stereocenters. The fourth-order valence-corrected chi connectivity index (χ4v) is 2.79. The van der Waals surface area contributed by atoms with Gasteiger partial charge >= 0.3 is 6.09 Å². The highest BCUT2D eigenvalue weighted by atomic mass is 19.1. The first-order valence-corrected chi connectivity index (χ1v) is 8.14. The maximum Gasteiger partial charge on any atom is 0.408 e. The fourth-order valence-electron chi connectivity index (χ4n) is 2.79. The van der Waals surface area contributed by atoms with Crippen molar-refractivity contribution in [3.63, 3.8) is 0 Å². The molecule has 0 radical (unpaired) electrons. The van der Waals surface area contributed by atoms with Crippen LogP contribution in [0.1, 0.15) is 37.9 Å². The lowest BCUT2D eigenvalue weighted by Crippen LogP contribution is -2.35. The second kappa shape index (κ2) is 6.59. The standard InChI is InChI=1S/C20H21FN2O2/c1-20(2,3)25-19(24)23-18(13-7-6-8-14(21)11-13)16-12-22-17-10-5-4-9-15(16)17/h4-12,18,22H,1-3H3,(H,23,24)/t18-/m0/s1. The third-order valence-electron chi connectivity index (χ3n) is 3.78. The van der Waals surface area contributed by atoms with Gasteiger partial charge in [-0.25, -0.2) is 9.18 Å². The molecule has 0 aliphatic heterocycles. The summed E-state index contributed by atoms with van der Waals surface area (Å²) < 4.78 is 19.1. The number of hydrogen-bond donors (Lipinski definition) is 2. The zero-order valence-corrected chi connectivity index (χ0v) is 14.5. The van der Waals surface area contributed by atoms with Crippen molar-refractivity contribution in [1.29, 1.82) is 0 Å². The number of ether oxygens (including phenoxy) is 1. The van der Waals surface area contributed by atoms with Gasteiger partial charge in [-0.3, -0.25) is 0 Å². The Morgan fingerprint density at radius 1 is 1.16 bits per heavy atom. The van der Waals surface area contributed by atoms with Crippen molar-refractivity contribution in [2.75, 3.05) is 0 Å². The molecule has 2 aromatic carbocycles. The summed E-state index contributed by atoms with van der Waals surface area (Å²) in [7, 11) is 0. The van der Waals surface area contributed by atoms with E-state index < -0.39 is 17.7 Å². The van der Waals surface area contributed by atoms with Crippen LogP contribution in [0, 0.1) is 5.82 Å². The molecule has 0 saturated carbocycles. The topological polar surface area (TPSA) is 54.1 Å². The zero-order valence-electron chi connectivity index (χ0n) is 14.5. The molecule has 1 aromatic heterocycles. The van der Waals surface area contributed by atoms with Crippen LogP contribution in [0.4, 0.5) is 9.18 Å². The minimum Gasteiger partial charge on any atom is -0.444 e. The van der Waals surface area contributed by atoms with E-state index in [1.165, 1.54) is 12.1 Å². The average Bonchev–Trinajstić information content (AvgIpc) is 2.95. The summed E-state index contributed by atoms with van der Waals surface area (Å²) in [5.41, 5.74) is 1.84. The molecular weight excluding hydrogens is 319 g/mol. The second-order valence-corrected chi connectivity index (χ2v) is 6.92. The van der Waals surface area contributed by atoms with Crippen molar-refractivity contribution < 1.29 is 13.9 Å². The zero-order chi connectivity index (χ0) is 18.0. The fraction of sp³-hybridized carbons (Fsp3) is 0.250. The van der Waals surface area contributed by atoms with Crippen molar-refractivity contribution in [2.24, 2.45) is 0 Å². The number of fused-ring (bicyclic) bond motifs is 1. The maximum absolute atomic E-state index is 13.7. The van der Waals surface area contributed by atoms with Gasteiger partial charge in [0.1, 0.15) is 11.4 Å². The number of halogens is 1. The number of carbonyl (C=O) groups is 1. The molecule has 0 unspecified atom stereocenters. The van der Waals surface area contributed by atoms with E-state index in [-0.39, 0.29) is 5.82 Å². The number of para-hydroxylation sites is 1. The number of aromatic amines is 1. The highest BCUT2D eigenvalue weighted by molar-refractivity contribution is 5.84. The van der Waals surface area contributed by atoms with E-state index in [4.69, 9.17) is 4.74 Å². The van der Waals surface area contributed by atoms with Gasteiger partial charge in [-0.2, -0.15) is 0 Å². The summed E-state index contributed by atoms with van der Waals surface area (Å²) >= 11 is 0. The molecule has 25 heavy (non-hydrogen) atoms. The Kier molecular flexibility index (Phi) is 4.49. The van der Waals surface area contributed by atoms with Gasteiger partial charge in [-0.05, 0) is 44.5 Å². The van der Waals surface area contributed by atoms with Gasteiger partial charge in [0.2, 0.25) is 0 Å². The lowest BCUT2D eigenvalue weighted by molar-refractivity contribution is 0.0512. The number of nitrogens with one attached hydrogen (secondary N) is 2. The second-order valence-electron chi connectivity index (χ2n) is 6.92. The summed E-state index contributed by atoms with van der Waals surface area (Å²) in [5, 5.41) is 3.83. The molecule has 130 valence electrons. The SMILES string of the molecule is CC(C)(C)OC(=O)N[C@@H](c1cccc(F)c1)c1c[nH]c2ccccc12. The van der Waals surface area contributed by atoms with Crippen molar-refractivity contribution >= 4 is 17.0 Å². The van der Waals surface area contributed by atoms with Crippen molar-refractivity contribution in [1.82, 2.24) is 10.3 Å². The Morgan fingerprint density at radius 3 is 2.64 bits per heavy atom. The van der Waals surface area contributed by atoms with Gasteiger partial charge in [0, 0.05) is 22.7 Å². The van der Waals surface area contributed by atoms with Crippen LogP contribution in [-0.2, 0) is 4.74 Å². The Balaban J connectivity index is 2.02. The molecule has 0 spiro atoms. The van der Waals surface area contributed by atoms with E-state index in [9.17, 15) is 9.18 Å². The normalized spacial score (nSPS) is 12.8. The molecule has 0 saturated heterocycles. The Labute approximate surface area is 146 Å². The van der Waals surface area contributed by atoms with Crippen LogP contribution in [0.15, 0.2) is 54.7 Å². The molecule has 0 aliphatic rings. The van der Waals surface area contributed by atoms with Crippen LogP contribution < -0.4 is 5.32 Å². The molecule has 4 nitrogen and oxygen atoms in total. The molecule has 2 N–H and O–H groups in total. The van der Waals surface area contributed by atoms with Gasteiger partial charge < -0.3 is 15.0 Å². The summed E-state index contributed by atoms with van der Waals surface area (Å²) in [6, 6.07) is 13.5. The molecule has 1 amide bonds. The average molecular weight is 340 g/mol. The van der Waals surface area contributed by atoms with Crippen molar-refractivity contribution in [2.45, 2.75) is 32.4 Å². The molecule has 3 rings (SSSR count). The highest BCUT2D eigenvalue weighted by Crippen LogP contribution is 2.29. The number of alkyl carbamates (subject to hydrolysis) is 1. The van der Waals surface area contributed by atoms with Gasteiger partial charge in [0.15, 0.2) is 0 Å². The van der Waals surface area contributed by atoms with E-state index in [0.717, 1.165) is 16.5 Å². The molecule has 0 fully saturated rings. The smallest absolute Gasteiger partial charge is 0.408 e. The van der Waals surface area contributed by atoms with Crippen LogP contribution in [0.25, 0.3) is 10.9 Å². The summed E-state index contributed by atoms with van der Waals surface area (Å²) in [6.45, 7) is 5.40. The van der Waals surface area contributed by atoms with E-state index in [1.807, 2.05) is 30.5 Å². The van der Waals surface area contributed by atoms with Crippen LogP contribution in [-0.4, -0.2) is 16.7 Å². The number of benzene rings is 2. The highest BCUT2D eigenvalue weighted by Gasteiger charge is 2.24. The van der Waals surface area contributed by atoms with E-state index in [2.05, 4.69) is 10.3 Å².